The Bertz CT molecular complexity index is 597. The van der Waals surface area contributed by atoms with E-state index in [-0.39, 0.29) is 6.61 Å². The maximum atomic E-state index is 11.2. The highest BCUT2D eigenvalue weighted by Crippen LogP contribution is 2.12. The quantitative estimate of drug-likeness (QED) is 0.499. The summed E-state index contributed by atoms with van der Waals surface area (Å²) in [7, 11) is 0. The molecule has 0 amide bonds. The van der Waals surface area contributed by atoms with Gasteiger partial charge in [-0.25, -0.2) is 0 Å². The molecule has 114 valence electrons. The zero-order chi connectivity index (χ0) is 16.2. The highest BCUT2D eigenvalue weighted by molar-refractivity contribution is 5.69. The fourth-order valence-electron chi connectivity index (χ4n) is 1.75. The number of terminal acetylenes is 1. The van der Waals surface area contributed by atoms with Crippen molar-refractivity contribution in [1.82, 2.24) is 0 Å². The molecule has 1 unspecified atom stereocenters. The number of aliphatic hydroxyl groups excluding tert-OH is 1. The third-order valence-corrected chi connectivity index (χ3v) is 2.80. The Labute approximate surface area is 132 Å². The van der Waals surface area contributed by atoms with Crippen LogP contribution in [0.1, 0.15) is 31.7 Å². The predicted octanol–water partition coefficient (Wildman–Crippen LogP) is 2.80. The van der Waals surface area contributed by atoms with Crippen molar-refractivity contribution in [2.24, 2.45) is 0 Å². The Morgan fingerprint density at radius 2 is 2.09 bits per heavy atom. The van der Waals surface area contributed by atoms with Gasteiger partial charge in [0, 0.05) is 20.0 Å². The third kappa shape index (κ3) is 6.79. The zero-order valence-corrected chi connectivity index (χ0v) is 12.7. The average molecular weight is 296 g/mol. The lowest BCUT2D eigenvalue weighted by Gasteiger charge is -2.11. The molecular weight excluding hydrogens is 276 g/mol. The van der Waals surface area contributed by atoms with E-state index >= 15 is 0 Å². The van der Waals surface area contributed by atoms with Crippen LogP contribution in [-0.4, -0.2) is 23.8 Å². The standard InChI is InChI=1S/C19H20O3/c1-3-18(15-17-11-7-6-8-12-17)19(22-16(2)21)13-9-4-5-10-14-20/h1,6-8,11-12,15,19-20H,4-5,10,14H2,2H3/b18-15+. The van der Waals surface area contributed by atoms with Gasteiger partial charge in [-0.3, -0.25) is 4.79 Å². The second-order valence-electron chi connectivity index (χ2n) is 4.65. The average Bonchev–Trinajstić information content (AvgIpc) is 2.52. The van der Waals surface area contributed by atoms with E-state index in [0.717, 1.165) is 12.0 Å². The SMILES string of the molecule is C#C/C(=C\c1ccccc1)C(C#CCCCCO)OC(C)=O. The summed E-state index contributed by atoms with van der Waals surface area (Å²) in [5.41, 5.74) is 1.44. The summed E-state index contributed by atoms with van der Waals surface area (Å²) < 4.78 is 5.21. The largest absolute Gasteiger partial charge is 0.444 e. The molecular formula is C19H20O3. The van der Waals surface area contributed by atoms with E-state index in [1.54, 1.807) is 6.08 Å². The topological polar surface area (TPSA) is 46.5 Å². The molecule has 0 spiro atoms. The second-order valence-corrected chi connectivity index (χ2v) is 4.65. The van der Waals surface area contributed by atoms with Gasteiger partial charge in [0.05, 0.1) is 5.57 Å². The van der Waals surface area contributed by atoms with Gasteiger partial charge in [-0.1, -0.05) is 48.1 Å². The number of esters is 1. The first-order chi connectivity index (χ1) is 10.7. The van der Waals surface area contributed by atoms with Crippen LogP contribution in [0.4, 0.5) is 0 Å². The van der Waals surface area contributed by atoms with Gasteiger partial charge in [-0.05, 0) is 24.5 Å². The number of hydrogen-bond acceptors (Lipinski definition) is 3. The number of benzene rings is 1. The van der Waals surface area contributed by atoms with Crippen LogP contribution in [-0.2, 0) is 9.53 Å². The number of rotatable bonds is 6. The zero-order valence-electron chi connectivity index (χ0n) is 12.7. The van der Waals surface area contributed by atoms with E-state index in [0.29, 0.717) is 18.4 Å². The van der Waals surface area contributed by atoms with Crippen molar-refractivity contribution in [2.75, 3.05) is 6.61 Å². The molecule has 1 N–H and O–H groups in total. The summed E-state index contributed by atoms with van der Waals surface area (Å²) in [6.07, 6.45) is 8.71. The van der Waals surface area contributed by atoms with Crippen molar-refractivity contribution in [3.05, 3.63) is 41.5 Å². The van der Waals surface area contributed by atoms with Crippen molar-refractivity contribution < 1.29 is 14.6 Å². The van der Waals surface area contributed by atoms with Crippen LogP contribution in [0.15, 0.2) is 35.9 Å². The van der Waals surface area contributed by atoms with Crippen LogP contribution in [0.25, 0.3) is 6.08 Å². The lowest BCUT2D eigenvalue weighted by atomic mass is 10.1. The van der Waals surface area contributed by atoms with Crippen molar-refractivity contribution in [1.29, 1.82) is 0 Å². The number of aliphatic hydroxyl groups is 1. The Morgan fingerprint density at radius 3 is 2.68 bits per heavy atom. The van der Waals surface area contributed by atoms with E-state index in [1.165, 1.54) is 6.92 Å². The number of unbranched alkanes of at least 4 members (excludes halogenated alkanes) is 2. The molecule has 0 aliphatic heterocycles. The van der Waals surface area contributed by atoms with Gasteiger partial charge in [0.15, 0.2) is 6.10 Å². The molecule has 1 aromatic rings. The Kier molecular flexibility index (Phi) is 8.20. The highest BCUT2D eigenvalue weighted by atomic mass is 16.5. The first-order valence-electron chi connectivity index (χ1n) is 7.17. The lowest BCUT2D eigenvalue weighted by molar-refractivity contribution is -0.142. The minimum absolute atomic E-state index is 0.151. The molecule has 0 bridgehead atoms. The number of carbonyl (C=O) groups excluding carboxylic acids is 1. The van der Waals surface area contributed by atoms with E-state index < -0.39 is 12.1 Å². The predicted molar refractivity (Wildman–Crippen MR) is 87.5 cm³/mol. The molecule has 1 aromatic carbocycles. The molecule has 1 atom stereocenters. The van der Waals surface area contributed by atoms with Gasteiger partial charge >= 0.3 is 5.97 Å². The maximum absolute atomic E-state index is 11.2. The molecule has 0 aliphatic rings. The molecule has 0 aliphatic carbocycles. The van der Waals surface area contributed by atoms with Crippen molar-refractivity contribution in [3.8, 4) is 24.2 Å². The highest BCUT2D eigenvalue weighted by Gasteiger charge is 2.13. The molecule has 0 fully saturated rings. The van der Waals surface area contributed by atoms with Gasteiger partial charge in [0.1, 0.15) is 0 Å². The van der Waals surface area contributed by atoms with Crippen LogP contribution in [0.5, 0.6) is 0 Å². The second kappa shape index (κ2) is 10.3. The number of hydrogen-bond donors (Lipinski definition) is 1. The summed E-state index contributed by atoms with van der Waals surface area (Å²) in [6, 6.07) is 9.55. The maximum Gasteiger partial charge on any atom is 0.304 e. The van der Waals surface area contributed by atoms with Gasteiger partial charge in [0.2, 0.25) is 0 Å². The van der Waals surface area contributed by atoms with Crippen molar-refractivity contribution >= 4 is 12.0 Å². The monoisotopic (exact) mass is 296 g/mol. The van der Waals surface area contributed by atoms with Crippen LogP contribution in [0, 0.1) is 24.2 Å². The summed E-state index contributed by atoms with van der Waals surface area (Å²) in [5, 5.41) is 8.73. The van der Waals surface area contributed by atoms with E-state index in [4.69, 9.17) is 16.3 Å². The summed E-state index contributed by atoms with van der Waals surface area (Å²) in [5.74, 6) is 7.97. The molecule has 0 heterocycles. The van der Waals surface area contributed by atoms with Crippen LogP contribution in [0.2, 0.25) is 0 Å². The molecule has 22 heavy (non-hydrogen) atoms. The molecule has 3 heteroatoms. The molecule has 3 nitrogen and oxygen atoms in total. The minimum Gasteiger partial charge on any atom is -0.444 e. The fourth-order valence-corrected chi connectivity index (χ4v) is 1.75. The van der Waals surface area contributed by atoms with Crippen LogP contribution in [0.3, 0.4) is 0 Å². The first-order valence-corrected chi connectivity index (χ1v) is 7.17. The molecule has 0 saturated heterocycles. The lowest BCUT2D eigenvalue weighted by Crippen LogP contribution is -2.16. The molecule has 0 aromatic heterocycles. The van der Waals surface area contributed by atoms with Gasteiger partial charge in [-0.15, -0.1) is 6.42 Å². The summed E-state index contributed by atoms with van der Waals surface area (Å²) in [6.45, 7) is 1.48. The number of ether oxygens (including phenoxy) is 1. The van der Waals surface area contributed by atoms with E-state index in [2.05, 4.69) is 17.8 Å². The van der Waals surface area contributed by atoms with Crippen molar-refractivity contribution in [3.63, 3.8) is 0 Å². The van der Waals surface area contributed by atoms with Crippen molar-refractivity contribution in [2.45, 2.75) is 32.3 Å². The normalized spacial score (nSPS) is 11.8. The Balaban J connectivity index is 2.90. The van der Waals surface area contributed by atoms with Crippen LogP contribution < -0.4 is 0 Å². The smallest absolute Gasteiger partial charge is 0.304 e. The molecule has 0 radical (unpaired) electrons. The third-order valence-electron chi connectivity index (χ3n) is 2.80. The Morgan fingerprint density at radius 1 is 1.36 bits per heavy atom. The van der Waals surface area contributed by atoms with Crippen LogP contribution >= 0.6 is 0 Å². The van der Waals surface area contributed by atoms with Gasteiger partial charge in [0.25, 0.3) is 0 Å². The van der Waals surface area contributed by atoms with Gasteiger partial charge in [-0.2, -0.15) is 0 Å². The number of carbonyl (C=O) groups is 1. The minimum atomic E-state index is -0.739. The Hall–Kier alpha value is -2.49. The summed E-state index contributed by atoms with van der Waals surface area (Å²) >= 11 is 0. The van der Waals surface area contributed by atoms with E-state index in [9.17, 15) is 4.79 Å². The molecule has 0 saturated carbocycles. The summed E-state index contributed by atoms with van der Waals surface area (Å²) in [4.78, 5) is 11.2. The fraction of sp³-hybridized carbons (Fsp3) is 0.316. The van der Waals surface area contributed by atoms with Gasteiger partial charge < -0.3 is 9.84 Å². The molecule has 1 rings (SSSR count). The first kappa shape index (κ1) is 17.6. The van der Waals surface area contributed by atoms with E-state index in [1.807, 2.05) is 30.3 Å².